The highest BCUT2D eigenvalue weighted by atomic mass is 16.2. The molecular formula is C23H34N4O2. The number of amides is 2. The van der Waals surface area contributed by atoms with Crippen molar-refractivity contribution in [2.75, 3.05) is 13.1 Å². The minimum absolute atomic E-state index is 0.0430. The Kier molecular flexibility index (Phi) is 5.35. The Labute approximate surface area is 173 Å². The fraction of sp³-hybridized carbons (Fsp3) is 0.783. The molecule has 2 atom stereocenters. The predicted octanol–water partition coefficient (Wildman–Crippen LogP) is 3.23. The van der Waals surface area contributed by atoms with Crippen molar-refractivity contribution in [3.63, 3.8) is 0 Å². The van der Waals surface area contributed by atoms with E-state index < -0.39 is 0 Å². The van der Waals surface area contributed by atoms with Gasteiger partial charge < -0.3 is 10.2 Å². The largest absolute Gasteiger partial charge is 0.348 e. The number of carbonyl (C=O) groups is 2. The molecule has 158 valence electrons. The average Bonchev–Trinajstić information content (AvgIpc) is 3.37. The first kappa shape index (κ1) is 19.1. The van der Waals surface area contributed by atoms with Gasteiger partial charge in [-0.05, 0) is 69.6 Å². The van der Waals surface area contributed by atoms with Crippen LogP contribution >= 0.6 is 0 Å². The molecule has 6 heteroatoms. The second-order valence-corrected chi connectivity index (χ2v) is 9.78. The van der Waals surface area contributed by atoms with Crippen LogP contribution in [0.25, 0.3) is 0 Å². The number of rotatable bonds is 3. The SMILES string of the molecule is O=C(NC1CCC(C(=O)N2CC[C@@H]3CCCC[C@H]3C2)CC1)c1n[nH]c2c1CCC2. The monoisotopic (exact) mass is 398 g/mol. The van der Waals surface area contributed by atoms with Crippen molar-refractivity contribution in [1.82, 2.24) is 20.4 Å². The number of aryl methyl sites for hydroxylation is 1. The van der Waals surface area contributed by atoms with Gasteiger partial charge in [0.05, 0.1) is 0 Å². The zero-order valence-electron chi connectivity index (χ0n) is 17.4. The molecule has 2 amide bonds. The Morgan fingerprint density at radius 1 is 0.931 bits per heavy atom. The molecule has 4 aliphatic rings. The van der Waals surface area contributed by atoms with Gasteiger partial charge in [0.25, 0.3) is 5.91 Å². The van der Waals surface area contributed by atoms with Crippen LogP contribution in [-0.4, -0.2) is 46.0 Å². The quantitative estimate of drug-likeness (QED) is 0.821. The third-order valence-electron chi connectivity index (χ3n) is 8.04. The first-order valence-electron chi connectivity index (χ1n) is 11.8. The average molecular weight is 399 g/mol. The molecule has 1 aliphatic heterocycles. The maximum Gasteiger partial charge on any atom is 0.272 e. The fourth-order valence-electron chi connectivity index (χ4n) is 6.30. The summed E-state index contributed by atoms with van der Waals surface area (Å²) in [5.74, 6) is 2.09. The molecule has 3 fully saturated rings. The zero-order chi connectivity index (χ0) is 19.8. The molecule has 29 heavy (non-hydrogen) atoms. The molecule has 0 unspecified atom stereocenters. The normalized spacial score (nSPS) is 31.8. The van der Waals surface area contributed by atoms with E-state index in [1.807, 2.05) is 0 Å². The smallest absolute Gasteiger partial charge is 0.272 e. The number of carbonyl (C=O) groups excluding carboxylic acids is 2. The number of piperidine rings is 1. The summed E-state index contributed by atoms with van der Waals surface area (Å²) >= 11 is 0. The van der Waals surface area contributed by atoms with E-state index in [0.717, 1.165) is 81.1 Å². The molecule has 5 rings (SSSR count). The van der Waals surface area contributed by atoms with E-state index in [-0.39, 0.29) is 17.9 Å². The van der Waals surface area contributed by atoms with Crippen molar-refractivity contribution in [3.05, 3.63) is 17.0 Å². The number of H-pyrrole nitrogens is 1. The molecule has 1 aromatic heterocycles. The van der Waals surface area contributed by atoms with E-state index in [1.165, 1.54) is 32.1 Å². The van der Waals surface area contributed by atoms with Crippen molar-refractivity contribution < 1.29 is 9.59 Å². The lowest BCUT2D eigenvalue weighted by atomic mass is 9.74. The Bertz CT molecular complexity index is 765. The molecule has 2 heterocycles. The topological polar surface area (TPSA) is 78.1 Å². The van der Waals surface area contributed by atoms with Gasteiger partial charge in [-0.25, -0.2) is 0 Å². The molecule has 3 aliphatic carbocycles. The highest BCUT2D eigenvalue weighted by Crippen LogP contribution is 2.37. The predicted molar refractivity (Wildman–Crippen MR) is 110 cm³/mol. The molecule has 0 bridgehead atoms. The van der Waals surface area contributed by atoms with Crippen molar-refractivity contribution in [1.29, 1.82) is 0 Å². The van der Waals surface area contributed by atoms with E-state index in [4.69, 9.17) is 0 Å². The summed E-state index contributed by atoms with van der Waals surface area (Å²) in [7, 11) is 0. The van der Waals surface area contributed by atoms with Crippen LogP contribution in [0.5, 0.6) is 0 Å². The van der Waals surface area contributed by atoms with Crippen LogP contribution in [0, 0.1) is 17.8 Å². The van der Waals surface area contributed by atoms with Crippen molar-refractivity contribution in [2.24, 2.45) is 17.8 Å². The van der Waals surface area contributed by atoms with Crippen molar-refractivity contribution >= 4 is 11.8 Å². The summed E-state index contributed by atoms with van der Waals surface area (Å²) in [6, 6.07) is 0.171. The molecule has 2 N–H and O–H groups in total. The third-order valence-corrected chi connectivity index (χ3v) is 8.04. The highest BCUT2D eigenvalue weighted by Gasteiger charge is 2.36. The van der Waals surface area contributed by atoms with E-state index >= 15 is 0 Å². The summed E-state index contributed by atoms with van der Waals surface area (Å²) in [6.07, 6.45) is 13.3. The summed E-state index contributed by atoms with van der Waals surface area (Å²) < 4.78 is 0. The fourth-order valence-corrected chi connectivity index (χ4v) is 6.30. The Hall–Kier alpha value is -1.85. The van der Waals surface area contributed by atoms with Crippen LogP contribution < -0.4 is 5.32 Å². The molecule has 1 aromatic rings. The van der Waals surface area contributed by atoms with Crippen LogP contribution in [0.1, 0.15) is 86.0 Å². The van der Waals surface area contributed by atoms with E-state index in [0.29, 0.717) is 11.6 Å². The number of nitrogens with zero attached hydrogens (tertiary/aromatic N) is 2. The standard InChI is InChI=1S/C23H34N4O2/c28-22(21-19-6-3-7-20(19)25-26-21)24-18-10-8-16(9-11-18)23(29)27-13-12-15-4-1-2-5-17(15)14-27/h15-18H,1-14H2,(H,24,28)(H,25,26)/t15-,16?,17-,18?/m0/s1. The molecule has 2 saturated carbocycles. The van der Waals surface area contributed by atoms with Gasteiger partial charge >= 0.3 is 0 Å². The van der Waals surface area contributed by atoms with Crippen LogP contribution in [0.3, 0.4) is 0 Å². The Balaban J connectivity index is 1.11. The molecule has 0 spiro atoms. The summed E-state index contributed by atoms with van der Waals surface area (Å²) in [6.45, 7) is 1.95. The lowest BCUT2D eigenvalue weighted by Crippen LogP contribution is -2.48. The van der Waals surface area contributed by atoms with E-state index in [2.05, 4.69) is 20.4 Å². The van der Waals surface area contributed by atoms with Gasteiger partial charge in [-0.15, -0.1) is 0 Å². The molecular weight excluding hydrogens is 364 g/mol. The number of likely N-dealkylation sites (tertiary alicyclic amines) is 1. The van der Waals surface area contributed by atoms with Gasteiger partial charge in [0.1, 0.15) is 0 Å². The zero-order valence-corrected chi connectivity index (χ0v) is 17.4. The maximum absolute atomic E-state index is 13.1. The van der Waals surface area contributed by atoms with Gasteiger partial charge in [-0.3, -0.25) is 14.7 Å². The summed E-state index contributed by atoms with van der Waals surface area (Å²) in [5, 5.41) is 10.4. The summed E-state index contributed by atoms with van der Waals surface area (Å²) in [4.78, 5) is 27.9. The van der Waals surface area contributed by atoms with Gasteiger partial charge in [0.2, 0.25) is 5.91 Å². The first-order valence-corrected chi connectivity index (χ1v) is 11.8. The Morgan fingerprint density at radius 3 is 2.55 bits per heavy atom. The lowest BCUT2D eigenvalue weighted by Gasteiger charge is -2.43. The van der Waals surface area contributed by atoms with Gasteiger partial charge in [0.15, 0.2) is 5.69 Å². The number of hydrogen-bond acceptors (Lipinski definition) is 3. The molecule has 1 saturated heterocycles. The third kappa shape index (κ3) is 3.82. The van der Waals surface area contributed by atoms with Crippen molar-refractivity contribution in [3.8, 4) is 0 Å². The molecule has 6 nitrogen and oxygen atoms in total. The van der Waals surface area contributed by atoms with Crippen molar-refractivity contribution in [2.45, 2.75) is 83.1 Å². The van der Waals surface area contributed by atoms with Crippen LogP contribution in [0.15, 0.2) is 0 Å². The minimum atomic E-state index is -0.0430. The second-order valence-electron chi connectivity index (χ2n) is 9.78. The number of aromatic nitrogens is 2. The van der Waals surface area contributed by atoms with E-state index in [1.54, 1.807) is 0 Å². The maximum atomic E-state index is 13.1. The summed E-state index contributed by atoms with van der Waals surface area (Å²) in [5.41, 5.74) is 2.83. The number of fused-ring (bicyclic) bond motifs is 2. The van der Waals surface area contributed by atoms with Gasteiger partial charge in [0, 0.05) is 36.3 Å². The minimum Gasteiger partial charge on any atom is -0.348 e. The van der Waals surface area contributed by atoms with Crippen LogP contribution in [0.4, 0.5) is 0 Å². The first-order chi connectivity index (χ1) is 14.2. The Morgan fingerprint density at radius 2 is 1.72 bits per heavy atom. The van der Waals surface area contributed by atoms with Crippen LogP contribution in [0.2, 0.25) is 0 Å². The molecule has 0 aromatic carbocycles. The highest BCUT2D eigenvalue weighted by molar-refractivity contribution is 5.94. The second kappa shape index (κ2) is 8.11. The van der Waals surface area contributed by atoms with Gasteiger partial charge in [-0.2, -0.15) is 5.10 Å². The van der Waals surface area contributed by atoms with Crippen LogP contribution in [-0.2, 0) is 17.6 Å². The van der Waals surface area contributed by atoms with Gasteiger partial charge in [-0.1, -0.05) is 19.3 Å². The lowest BCUT2D eigenvalue weighted by molar-refractivity contribution is -0.139. The number of hydrogen-bond donors (Lipinski definition) is 2. The van der Waals surface area contributed by atoms with E-state index in [9.17, 15) is 9.59 Å². The molecule has 0 radical (unpaired) electrons. The number of nitrogens with one attached hydrogen (secondary N) is 2. The number of aromatic amines is 1.